The molecule has 0 aliphatic carbocycles. The van der Waals surface area contributed by atoms with Gasteiger partial charge in [0, 0.05) is 10.6 Å². The predicted octanol–water partition coefficient (Wildman–Crippen LogP) is 3.49. The minimum Gasteiger partial charge on any atom is -0.389 e. The van der Waals surface area contributed by atoms with Crippen LogP contribution >= 0.6 is 11.8 Å². The first-order valence-corrected chi connectivity index (χ1v) is 5.99. The second-order valence-electron chi connectivity index (χ2n) is 3.95. The smallest absolute Gasteiger partial charge is 0.0762 e. The number of hydrogen-bond acceptors (Lipinski definition) is 2. The molecule has 1 atom stereocenters. The van der Waals surface area contributed by atoms with Gasteiger partial charge in [-0.2, -0.15) is 0 Å². The van der Waals surface area contributed by atoms with Crippen LogP contribution in [0.5, 0.6) is 0 Å². The second-order valence-corrected chi connectivity index (χ2v) is 5.05. The molecule has 0 saturated heterocycles. The molecule has 14 heavy (non-hydrogen) atoms. The third kappa shape index (κ3) is 3.72. The molecule has 0 bridgehead atoms. The molecular formula is C12H18OS. The second kappa shape index (κ2) is 5.42. The van der Waals surface area contributed by atoms with Crippen molar-refractivity contribution in [3.8, 4) is 0 Å². The maximum Gasteiger partial charge on any atom is 0.0762 e. The zero-order valence-electron chi connectivity index (χ0n) is 9.03. The first-order chi connectivity index (χ1) is 6.59. The van der Waals surface area contributed by atoms with E-state index in [0.29, 0.717) is 5.92 Å². The summed E-state index contributed by atoms with van der Waals surface area (Å²) in [4.78, 5) is 1.25. The summed E-state index contributed by atoms with van der Waals surface area (Å²) < 4.78 is 0. The molecule has 0 fully saturated rings. The fourth-order valence-corrected chi connectivity index (χ4v) is 2.05. The number of thioether (sulfide) groups is 1. The van der Waals surface area contributed by atoms with Crippen LogP contribution in [0.15, 0.2) is 29.2 Å². The zero-order chi connectivity index (χ0) is 10.6. The molecule has 0 amide bonds. The third-order valence-electron chi connectivity index (χ3n) is 1.92. The van der Waals surface area contributed by atoms with Crippen molar-refractivity contribution < 1.29 is 5.11 Å². The fraction of sp³-hybridized carbons (Fsp3) is 0.500. The summed E-state index contributed by atoms with van der Waals surface area (Å²) in [6.45, 7) is 6.23. The van der Waals surface area contributed by atoms with E-state index in [1.165, 1.54) is 4.90 Å². The fourth-order valence-electron chi connectivity index (χ4n) is 1.13. The minimum absolute atomic E-state index is 0.366. The van der Waals surface area contributed by atoms with Gasteiger partial charge in [0.1, 0.15) is 0 Å². The van der Waals surface area contributed by atoms with Crippen molar-refractivity contribution in [1.82, 2.24) is 0 Å². The highest BCUT2D eigenvalue weighted by molar-refractivity contribution is 7.99. The first-order valence-electron chi connectivity index (χ1n) is 5.00. The Morgan fingerprint density at radius 2 is 2.00 bits per heavy atom. The average Bonchev–Trinajstić information content (AvgIpc) is 2.15. The lowest BCUT2D eigenvalue weighted by atomic mass is 10.1. The normalized spacial score (nSPS) is 13.2. The standard InChI is InChI=1S/C12H18OS/c1-9(2)8-14-12-6-4-5-11(7-12)10(3)13/h4-7,9-10,13H,8H2,1-3H3/t10-/m1/s1. The molecule has 1 rings (SSSR count). The lowest BCUT2D eigenvalue weighted by Crippen LogP contribution is -1.93. The SMILES string of the molecule is CC(C)CSc1cccc([C@@H](C)O)c1. The van der Waals surface area contributed by atoms with Crippen LogP contribution in [0, 0.1) is 5.92 Å². The predicted molar refractivity (Wildman–Crippen MR) is 62.6 cm³/mol. The molecule has 0 saturated carbocycles. The van der Waals surface area contributed by atoms with Crippen LogP contribution in [0.1, 0.15) is 32.4 Å². The average molecular weight is 210 g/mol. The van der Waals surface area contributed by atoms with Gasteiger partial charge in [-0.25, -0.2) is 0 Å². The molecule has 1 N–H and O–H groups in total. The highest BCUT2D eigenvalue weighted by Crippen LogP contribution is 2.23. The molecular weight excluding hydrogens is 192 g/mol. The van der Waals surface area contributed by atoms with Crippen molar-refractivity contribution in [2.45, 2.75) is 31.8 Å². The van der Waals surface area contributed by atoms with E-state index in [-0.39, 0.29) is 6.10 Å². The number of aliphatic hydroxyl groups excluding tert-OH is 1. The van der Waals surface area contributed by atoms with Crippen LogP contribution in [-0.4, -0.2) is 10.9 Å². The molecule has 0 spiro atoms. The molecule has 1 aromatic rings. The molecule has 78 valence electrons. The van der Waals surface area contributed by atoms with E-state index in [2.05, 4.69) is 26.0 Å². The largest absolute Gasteiger partial charge is 0.389 e. The summed E-state index contributed by atoms with van der Waals surface area (Å²) in [6.07, 6.45) is -0.366. The molecule has 0 aliphatic rings. The van der Waals surface area contributed by atoms with Crippen LogP contribution in [0.25, 0.3) is 0 Å². The molecule has 1 nitrogen and oxygen atoms in total. The molecule has 0 unspecified atom stereocenters. The summed E-state index contributed by atoms with van der Waals surface area (Å²) in [7, 11) is 0. The van der Waals surface area contributed by atoms with E-state index in [1.54, 1.807) is 6.92 Å². The quantitative estimate of drug-likeness (QED) is 0.768. The molecule has 0 heterocycles. The number of rotatable bonds is 4. The van der Waals surface area contributed by atoms with Gasteiger partial charge in [0.2, 0.25) is 0 Å². The van der Waals surface area contributed by atoms with E-state index in [4.69, 9.17) is 0 Å². The Morgan fingerprint density at radius 1 is 1.29 bits per heavy atom. The van der Waals surface area contributed by atoms with Gasteiger partial charge in [0.15, 0.2) is 0 Å². The van der Waals surface area contributed by atoms with Crippen molar-refractivity contribution in [3.05, 3.63) is 29.8 Å². The van der Waals surface area contributed by atoms with Crippen LogP contribution in [0.4, 0.5) is 0 Å². The highest BCUT2D eigenvalue weighted by atomic mass is 32.2. The Balaban J connectivity index is 2.64. The van der Waals surface area contributed by atoms with Gasteiger partial charge in [-0.15, -0.1) is 11.8 Å². The van der Waals surface area contributed by atoms with E-state index in [1.807, 2.05) is 23.9 Å². The lowest BCUT2D eigenvalue weighted by Gasteiger charge is -2.08. The Kier molecular flexibility index (Phi) is 4.49. The van der Waals surface area contributed by atoms with Crippen LogP contribution in [-0.2, 0) is 0 Å². The van der Waals surface area contributed by atoms with E-state index >= 15 is 0 Å². The van der Waals surface area contributed by atoms with Crippen molar-refractivity contribution in [2.24, 2.45) is 5.92 Å². The number of hydrogen-bond donors (Lipinski definition) is 1. The Hall–Kier alpha value is -0.470. The summed E-state index contributed by atoms with van der Waals surface area (Å²) in [5.41, 5.74) is 0.999. The van der Waals surface area contributed by atoms with Gasteiger partial charge in [-0.3, -0.25) is 0 Å². The van der Waals surface area contributed by atoms with Gasteiger partial charge >= 0.3 is 0 Å². The highest BCUT2D eigenvalue weighted by Gasteiger charge is 2.02. The van der Waals surface area contributed by atoms with Crippen LogP contribution in [0.2, 0.25) is 0 Å². The Morgan fingerprint density at radius 3 is 2.57 bits per heavy atom. The molecule has 0 radical (unpaired) electrons. The van der Waals surface area contributed by atoms with E-state index in [0.717, 1.165) is 11.3 Å². The number of benzene rings is 1. The monoisotopic (exact) mass is 210 g/mol. The number of aliphatic hydroxyl groups is 1. The summed E-state index contributed by atoms with van der Waals surface area (Å²) in [5.74, 6) is 1.83. The first kappa shape index (κ1) is 11.6. The topological polar surface area (TPSA) is 20.2 Å². The minimum atomic E-state index is -0.366. The molecule has 0 aliphatic heterocycles. The zero-order valence-corrected chi connectivity index (χ0v) is 9.84. The molecule has 1 aromatic carbocycles. The van der Waals surface area contributed by atoms with Crippen molar-refractivity contribution in [2.75, 3.05) is 5.75 Å². The summed E-state index contributed by atoms with van der Waals surface area (Å²) >= 11 is 1.85. The van der Waals surface area contributed by atoms with Gasteiger partial charge in [-0.1, -0.05) is 26.0 Å². The molecule has 0 aromatic heterocycles. The van der Waals surface area contributed by atoms with E-state index in [9.17, 15) is 5.11 Å². The van der Waals surface area contributed by atoms with E-state index < -0.39 is 0 Å². The van der Waals surface area contributed by atoms with Crippen molar-refractivity contribution >= 4 is 11.8 Å². The Labute approximate surface area is 90.5 Å². The maximum absolute atomic E-state index is 9.42. The van der Waals surface area contributed by atoms with Crippen molar-refractivity contribution in [3.63, 3.8) is 0 Å². The Bertz CT molecular complexity index is 281. The van der Waals surface area contributed by atoms with Gasteiger partial charge in [-0.05, 0) is 30.5 Å². The lowest BCUT2D eigenvalue weighted by molar-refractivity contribution is 0.199. The molecule has 2 heteroatoms. The van der Waals surface area contributed by atoms with Crippen LogP contribution < -0.4 is 0 Å². The third-order valence-corrected chi connectivity index (χ3v) is 3.34. The summed E-state index contributed by atoms with van der Waals surface area (Å²) in [5, 5.41) is 9.42. The van der Waals surface area contributed by atoms with Crippen LogP contribution in [0.3, 0.4) is 0 Å². The summed E-state index contributed by atoms with van der Waals surface area (Å²) in [6, 6.07) is 8.13. The maximum atomic E-state index is 9.42. The van der Waals surface area contributed by atoms with Gasteiger partial charge in [0.05, 0.1) is 6.10 Å². The van der Waals surface area contributed by atoms with Gasteiger partial charge in [0.25, 0.3) is 0 Å². The van der Waals surface area contributed by atoms with Crippen molar-refractivity contribution in [1.29, 1.82) is 0 Å². The van der Waals surface area contributed by atoms with Gasteiger partial charge < -0.3 is 5.11 Å².